The van der Waals surface area contributed by atoms with E-state index in [1.807, 2.05) is 30.3 Å². The SMILES string of the molecule is [c]1ccc2c(ccc3ncccc32)n1. The van der Waals surface area contributed by atoms with Gasteiger partial charge in [-0.15, -0.1) is 0 Å². The Morgan fingerprint density at radius 1 is 0.929 bits per heavy atom. The summed E-state index contributed by atoms with van der Waals surface area (Å²) < 4.78 is 0. The second kappa shape index (κ2) is 2.77. The number of rotatable bonds is 0. The topological polar surface area (TPSA) is 25.8 Å². The molecular formula is C12H7N2. The third kappa shape index (κ3) is 0.973. The fourth-order valence-electron chi connectivity index (χ4n) is 1.66. The maximum atomic E-state index is 4.29. The van der Waals surface area contributed by atoms with E-state index in [1.165, 1.54) is 0 Å². The molecule has 0 bridgehead atoms. The number of benzene rings is 1. The van der Waals surface area contributed by atoms with Gasteiger partial charge in [0.05, 0.1) is 17.2 Å². The highest BCUT2D eigenvalue weighted by Gasteiger charge is 1.99. The summed E-state index contributed by atoms with van der Waals surface area (Å²) in [5.74, 6) is 0. The van der Waals surface area contributed by atoms with Gasteiger partial charge in [-0.25, -0.2) is 4.98 Å². The Balaban J connectivity index is 2.61. The molecule has 0 unspecified atom stereocenters. The standard InChI is InChI=1S/C12H7N2/c1-3-9-10-4-2-8-14-12(10)6-5-11(9)13-7-1/h1-7H. The number of hydrogen-bond acceptors (Lipinski definition) is 2. The van der Waals surface area contributed by atoms with E-state index in [-0.39, 0.29) is 0 Å². The first-order valence-corrected chi connectivity index (χ1v) is 4.46. The van der Waals surface area contributed by atoms with Gasteiger partial charge in [-0.1, -0.05) is 6.07 Å². The normalized spacial score (nSPS) is 10.9. The summed E-state index contributed by atoms with van der Waals surface area (Å²) in [6.45, 7) is 0. The van der Waals surface area contributed by atoms with Gasteiger partial charge < -0.3 is 0 Å². The van der Waals surface area contributed by atoms with Crippen molar-refractivity contribution in [3.8, 4) is 0 Å². The molecule has 2 nitrogen and oxygen atoms in total. The van der Waals surface area contributed by atoms with E-state index in [4.69, 9.17) is 0 Å². The zero-order valence-corrected chi connectivity index (χ0v) is 7.44. The number of aromatic nitrogens is 2. The zero-order valence-electron chi connectivity index (χ0n) is 7.44. The first kappa shape index (κ1) is 7.44. The first-order valence-electron chi connectivity index (χ1n) is 4.46. The Morgan fingerprint density at radius 2 is 1.79 bits per heavy atom. The van der Waals surface area contributed by atoms with Crippen molar-refractivity contribution in [1.29, 1.82) is 0 Å². The van der Waals surface area contributed by atoms with Crippen LogP contribution in [0.5, 0.6) is 0 Å². The Morgan fingerprint density at radius 3 is 2.79 bits per heavy atom. The van der Waals surface area contributed by atoms with Gasteiger partial charge in [-0.05, 0) is 30.3 Å². The van der Waals surface area contributed by atoms with E-state index < -0.39 is 0 Å². The molecule has 2 aromatic heterocycles. The number of hydrogen-bond donors (Lipinski definition) is 0. The van der Waals surface area contributed by atoms with Gasteiger partial charge in [-0.2, -0.15) is 0 Å². The molecule has 1 radical (unpaired) electrons. The van der Waals surface area contributed by atoms with E-state index in [0.29, 0.717) is 0 Å². The molecule has 65 valence electrons. The van der Waals surface area contributed by atoms with Crippen LogP contribution in [0.2, 0.25) is 0 Å². The van der Waals surface area contributed by atoms with Crippen molar-refractivity contribution in [3.63, 3.8) is 0 Å². The maximum Gasteiger partial charge on any atom is 0.0894 e. The van der Waals surface area contributed by atoms with Crippen molar-refractivity contribution in [2.45, 2.75) is 0 Å². The molecule has 0 aliphatic heterocycles. The third-order valence-corrected chi connectivity index (χ3v) is 2.31. The second-order valence-corrected chi connectivity index (χ2v) is 3.14. The van der Waals surface area contributed by atoms with Crippen LogP contribution < -0.4 is 0 Å². The molecule has 3 aromatic rings. The van der Waals surface area contributed by atoms with Crippen LogP contribution in [0.4, 0.5) is 0 Å². The minimum atomic E-state index is 0.966. The molecule has 0 atom stereocenters. The predicted molar refractivity (Wildman–Crippen MR) is 55.9 cm³/mol. The molecule has 0 amide bonds. The summed E-state index contributed by atoms with van der Waals surface area (Å²) in [6, 6.07) is 11.8. The van der Waals surface area contributed by atoms with Crippen LogP contribution in [0, 0.1) is 6.20 Å². The fraction of sp³-hybridized carbons (Fsp3) is 0. The summed E-state index contributed by atoms with van der Waals surface area (Å²) >= 11 is 0. The van der Waals surface area contributed by atoms with Gasteiger partial charge in [0, 0.05) is 17.0 Å². The van der Waals surface area contributed by atoms with E-state index in [1.54, 1.807) is 6.20 Å². The molecule has 0 aliphatic carbocycles. The summed E-state index contributed by atoms with van der Waals surface area (Å²) in [5.41, 5.74) is 1.97. The Kier molecular flexibility index (Phi) is 1.47. The molecule has 0 fully saturated rings. The lowest BCUT2D eigenvalue weighted by Crippen LogP contribution is -1.82. The minimum absolute atomic E-state index is 0.966. The molecule has 3 rings (SSSR count). The van der Waals surface area contributed by atoms with Crippen molar-refractivity contribution in [2.75, 3.05) is 0 Å². The van der Waals surface area contributed by atoms with Gasteiger partial charge in [0.25, 0.3) is 0 Å². The lowest BCUT2D eigenvalue weighted by Gasteiger charge is -2.00. The third-order valence-electron chi connectivity index (χ3n) is 2.31. The average Bonchev–Trinajstić information content (AvgIpc) is 2.29. The Labute approximate surface area is 81.2 Å². The second-order valence-electron chi connectivity index (χ2n) is 3.14. The molecule has 0 saturated carbocycles. The van der Waals surface area contributed by atoms with Crippen molar-refractivity contribution in [1.82, 2.24) is 9.97 Å². The fourth-order valence-corrected chi connectivity index (χ4v) is 1.66. The number of pyridine rings is 2. The molecule has 14 heavy (non-hydrogen) atoms. The lowest BCUT2D eigenvalue weighted by molar-refractivity contribution is 1.38. The van der Waals surface area contributed by atoms with Crippen LogP contribution in [0.3, 0.4) is 0 Å². The summed E-state index contributed by atoms with van der Waals surface area (Å²) in [5, 5.41) is 2.28. The molecular weight excluding hydrogens is 172 g/mol. The van der Waals surface area contributed by atoms with Crippen LogP contribution in [-0.2, 0) is 0 Å². The van der Waals surface area contributed by atoms with Crippen LogP contribution >= 0.6 is 0 Å². The molecule has 0 saturated heterocycles. The summed E-state index contributed by atoms with van der Waals surface area (Å²) in [7, 11) is 0. The van der Waals surface area contributed by atoms with Gasteiger partial charge in [0.2, 0.25) is 0 Å². The van der Waals surface area contributed by atoms with Gasteiger partial charge in [-0.3, -0.25) is 4.98 Å². The molecule has 2 heterocycles. The smallest absolute Gasteiger partial charge is 0.0894 e. The Bertz CT molecular complexity index is 547. The number of fused-ring (bicyclic) bond motifs is 3. The highest BCUT2D eigenvalue weighted by atomic mass is 14.7. The number of nitrogens with zero attached hydrogens (tertiary/aromatic N) is 2. The van der Waals surface area contributed by atoms with E-state index in [0.717, 1.165) is 21.8 Å². The zero-order chi connectivity index (χ0) is 9.38. The Hall–Kier alpha value is -1.96. The van der Waals surface area contributed by atoms with E-state index >= 15 is 0 Å². The molecule has 2 heteroatoms. The maximum absolute atomic E-state index is 4.29. The summed E-state index contributed by atoms with van der Waals surface area (Å²) in [6.07, 6.45) is 4.63. The van der Waals surface area contributed by atoms with Crippen LogP contribution in [0.1, 0.15) is 0 Å². The van der Waals surface area contributed by atoms with Crippen LogP contribution in [0.25, 0.3) is 21.8 Å². The van der Waals surface area contributed by atoms with Crippen molar-refractivity contribution in [2.24, 2.45) is 0 Å². The van der Waals surface area contributed by atoms with E-state index in [9.17, 15) is 0 Å². The monoisotopic (exact) mass is 179 g/mol. The van der Waals surface area contributed by atoms with Crippen molar-refractivity contribution >= 4 is 21.8 Å². The van der Waals surface area contributed by atoms with Crippen molar-refractivity contribution < 1.29 is 0 Å². The molecule has 0 N–H and O–H groups in total. The molecule has 0 aliphatic rings. The summed E-state index contributed by atoms with van der Waals surface area (Å²) in [4.78, 5) is 8.47. The highest BCUT2D eigenvalue weighted by molar-refractivity contribution is 6.04. The molecule has 0 spiro atoms. The first-order chi connectivity index (χ1) is 6.95. The predicted octanol–water partition coefficient (Wildman–Crippen LogP) is 2.58. The average molecular weight is 179 g/mol. The lowest BCUT2D eigenvalue weighted by atomic mass is 10.1. The highest BCUT2D eigenvalue weighted by Crippen LogP contribution is 2.21. The van der Waals surface area contributed by atoms with Crippen LogP contribution in [0.15, 0.2) is 42.6 Å². The van der Waals surface area contributed by atoms with Crippen molar-refractivity contribution in [3.05, 3.63) is 48.8 Å². The van der Waals surface area contributed by atoms with Gasteiger partial charge >= 0.3 is 0 Å². The van der Waals surface area contributed by atoms with Crippen LogP contribution in [-0.4, -0.2) is 9.97 Å². The minimum Gasteiger partial charge on any atom is -0.256 e. The quantitative estimate of drug-likeness (QED) is 0.496. The largest absolute Gasteiger partial charge is 0.256 e. The van der Waals surface area contributed by atoms with Gasteiger partial charge in [0.15, 0.2) is 0 Å². The molecule has 1 aromatic carbocycles. The van der Waals surface area contributed by atoms with E-state index in [2.05, 4.69) is 22.2 Å². The van der Waals surface area contributed by atoms with Gasteiger partial charge in [0.1, 0.15) is 0 Å².